The third-order valence-electron chi connectivity index (χ3n) is 2.59. The summed E-state index contributed by atoms with van der Waals surface area (Å²) in [6, 6.07) is 2.47. The molecule has 1 aromatic rings. The molecule has 0 amide bonds. The van der Waals surface area contributed by atoms with Crippen molar-refractivity contribution in [2.24, 2.45) is 5.92 Å². The Balaban J connectivity index is 2.20. The summed E-state index contributed by atoms with van der Waals surface area (Å²) >= 11 is 0. The topological polar surface area (TPSA) is 25.2 Å². The Morgan fingerprint density at radius 3 is 2.75 bits per heavy atom. The summed E-state index contributed by atoms with van der Waals surface area (Å²) in [5.41, 5.74) is 1.27. The van der Waals surface area contributed by atoms with Gasteiger partial charge in [-0.3, -0.25) is 0 Å². The SMILES string of the molecule is CNC(c1occc1C)C1CC1. The molecule has 1 atom stereocenters. The van der Waals surface area contributed by atoms with Gasteiger partial charge in [0.05, 0.1) is 12.3 Å². The standard InChI is InChI=1S/C10H15NO/c1-7-5-6-12-10(7)9(11-2)8-3-4-8/h5-6,8-9,11H,3-4H2,1-2H3. The van der Waals surface area contributed by atoms with E-state index in [0.717, 1.165) is 11.7 Å². The van der Waals surface area contributed by atoms with Gasteiger partial charge in [0.15, 0.2) is 0 Å². The van der Waals surface area contributed by atoms with Crippen LogP contribution in [-0.4, -0.2) is 7.05 Å². The minimum absolute atomic E-state index is 0.444. The van der Waals surface area contributed by atoms with Crippen LogP contribution in [-0.2, 0) is 0 Å². The maximum atomic E-state index is 5.46. The molecule has 0 spiro atoms. The summed E-state index contributed by atoms with van der Waals surface area (Å²) in [4.78, 5) is 0. The molecule has 0 bridgehead atoms. The van der Waals surface area contributed by atoms with E-state index in [1.54, 1.807) is 6.26 Å². The van der Waals surface area contributed by atoms with Gasteiger partial charge in [0.1, 0.15) is 5.76 Å². The molecule has 0 radical (unpaired) electrons. The number of furan rings is 1. The third kappa shape index (κ3) is 1.27. The maximum absolute atomic E-state index is 5.46. The van der Waals surface area contributed by atoms with Crippen molar-refractivity contribution in [3.05, 3.63) is 23.7 Å². The Kier molecular flexibility index (Phi) is 1.93. The Morgan fingerprint density at radius 1 is 1.58 bits per heavy atom. The van der Waals surface area contributed by atoms with Crippen molar-refractivity contribution in [1.82, 2.24) is 5.32 Å². The normalized spacial score (nSPS) is 19.5. The van der Waals surface area contributed by atoms with Gasteiger partial charge in [-0.05, 0) is 44.4 Å². The second-order valence-corrected chi connectivity index (χ2v) is 3.57. The number of nitrogens with one attached hydrogen (secondary N) is 1. The second kappa shape index (κ2) is 2.94. The summed E-state index contributed by atoms with van der Waals surface area (Å²) < 4.78 is 5.46. The van der Waals surface area contributed by atoms with Gasteiger partial charge < -0.3 is 9.73 Å². The second-order valence-electron chi connectivity index (χ2n) is 3.57. The molecule has 1 aliphatic rings. The highest BCUT2D eigenvalue weighted by molar-refractivity contribution is 5.20. The van der Waals surface area contributed by atoms with Crippen LogP contribution in [0, 0.1) is 12.8 Å². The zero-order chi connectivity index (χ0) is 8.55. The van der Waals surface area contributed by atoms with Gasteiger partial charge in [-0.15, -0.1) is 0 Å². The van der Waals surface area contributed by atoms with E-state index in [-0.39, 0.29) is 0 Å². The number of aryl methyl sites for hydroxylation is 1. The van der Waals surface area contributed by atoms with Crippen molar-refractivity contribution in [2.75, 3.05) is 7.05 Å². The van der Waals surface area contributed by atoms with Crippen LogP contribution in [0.3, 0.4) is 0 Å². The molecule has 12 heavy (non-hydrogen) atoms. The molecule has 1 N–H and O–H groups in total. The van der Waals surface area contributed by atoms with Gasteiger partial charge in [0, 0.05) is 0 Å². The smallest absolute Gasteiger partial charge is 0.123 e. The predicted octanol–water partition coefficient (Wildman–Crippen LogP) is 2.26. The van der Waals surface area contributed by atoms with E-state index >= 15 is 0 Å². The molecule has 2 heteroatoms. The fourth-order valence-corrected chi connectivity index (χ4v) is 1.71. The molecule has 0 aromatic carbocycles. The molecule has 1 saturated carbocycles. The Hall–Kier alpha value is -0.760. The average molecular weight is 165 g/mol. The van der Waals surface area contributed by atoms with Crippen molar-refractivity contribution < 1.29 is 4.42 Å². The highest BCUT2D eigenvalue weighted by Gasteiger charge is 2.33. The van der Waals surface area contributed by atoms with E-state index in [1.807, 2.05) is 13.1 Å². The van der Waals surface area contributed by atoms with Gasteiger partial charge in [-0.25, -0.2) is 0 Å². The Labute approximate surface area is 73.0 Å². The summed E-state index contributed by atoms with van der Waals surface area (Å²) in [7, 11) is 2.00. The minimum Gasteiger partial charge on any atom is -0.467 e. The lowest BCUT2D eigenvalue weighted by Gasteiger charge is -2.12. The van der Waals surface area contributed by atoms with Crippen LogP contribution < -0.4 is 5.32 Å². The molecule has 1 aliphatic carbocycles. The van der Waals surface area contributed by atoms with E-state index in [2.05, 4.69) is 12.2 Å². The first-order valence-corrected chi connectivity index (χ1v) is 4.54. The van der Waals surface area contributed by atoms with Crippen LogP contribution in [0.1, 0.15) is 30.2 Å². The van der Waals surface area contributed by atoms with Crippen molar-refractivity contribution in [3.8, 4) is 0 Å². The van der Waals surface area contributed by atoms with E-state index in [9.17, 15) is 0 Å². The van der Waals surface area contributed by atoms with Crippen molar-refractivity contribution >= 4 is 0 Å². The predicted molar refractivity (Wildman–Crippen MR) is 48.0 cm³/mol. The molecule has 1 fully saturated rings. The molecule has 1 unspecified atom stereocenters. The molecular weight excluding hydrogens is 150 g/mol. The molecular formula is C10H15NO. The monoisotopic (exact) mass is 165 g/mol. The largest absolute Gasteiger partial charge is 0.467 e. The first kappa shape index (κ1) is 7.87. The molecule has 1 heterocycles. The molecule has 0 aliphatic heterocycles. The van der Waals surface area contributed by atoms with E-state index < -0.39 is 0 Å². The minimum atomic E-state index is 0.444. The van der Waals surface area contributed by atoms with Gasteiger partial charge in [-0.1, -0.05) is 0 Å². The van der Waals surface area contributed by atoms with Crippen LogP contribution in [0.5, 0.6) is 0 Å². The maximum Gasteiger partial charge on any atom is 0.123 e. The van der Waals surface area contributed by atoms with Crippen molar-refractivity contribution in [2.45, 2.75) is 25.8 Å². The van der Waals surface area contributed by atoms with E-state index in [1.165, 1.54) is 18.4 Å². The van der Waals surface area contributed by atoms with Crippen molar-refractivity contribution in [1.29, 1.82) is 0 Å². The lowest BCUT2D eigenvalue weighted by molar-refractivity contribution is 0.400. The summed E-state index contributed by atoms with van der Waals surface area (Å²) in [5.74, 6) is 1.93. The Bertz CT molecular complexity index is 263. The lowest BCUT2D eigenvalue weighted by atomic mass is 10.1. The zero-order valence-electron chi connectivity index (χ0n) is 7.63. The number of hydrogen-bond acceptors (Lipinski definition) is 2. The van der Waals surface area contributed by atoms with Crippen LogP contribution in [0.15, 0.2) is 16.7 Å². The van der Waals surface area contributed by atoms with Crippen LogP contribution >= 0.6 is 0 Å². The fourth-order valence-electron chi connectivity index (χ4n) is 1.71. The first-order chi connectivity index (χ1) is 5.83. The average Bonchev–Trinajstić information content (AvgIpc) is 2.80. The van der Waals surface area contributed by atoms with Crippen LogP contribution in [0.25, 0.3) is 0 Å². The van der Waals surface area contributed by atoms with Gasteiger partial charge in [0.25, 0.3) is 0 Å². The molecule has 2 rings (SSSR count). The number of hydrogen-bond donors (Lipinski definition) is 1. The highest BCUT2D eigenvalue weighted by atomic mass is 16.3. The first-order valence-electron chi connectivity index (χ1n) is 4.54. The van der Waals surface area contributed by atoms with Crippen LogP contribution in [0.4, 0.5) is 0 Å². The van der Waals surface area contributed by atoms with E-state index in [0.29, 0.717) is 6.04 Å². The van der Waals surface area contributed by atoms with Crippen LogP contribution in [0.2, 0.25) is 0 Å². The molecule has 1 aromatic heterocycles. The summed E-state index contributed by atoms with van der Waals surface area (Å²) in [5, 5.41) is 3.31. The number of rotatable bonds is 3. The summed E-state index contributed by atoms with van der Waals surface area (Å²) in [6.07, 6.45) is 4.45. The zero-order valence-corrected chi connectivity index (χ0v) is 7.63. The van der Waals surface area contributed by atoms with Gasteiger partial charge in [-0.2, -0.15) is 0 Å². The van der Waals surface area contributed by atoms with Gasteiger partial charge >= 0.3 is 0 Å². The molecule has 66 valence electrons. The van der Waals surface area contributed by atoms with Gasteiger partial charge in [0.2, 0.25) is 0 Å². The highest BCUT2D eigenvalue weighted by Crippen LogP contribution is 2.41. The molecule has 2 nitrogen and oxygen atoms in total. The third-order valence-corrected chi connectivity index (χ3v) is 2.59. The van der Waals surface area contributed by atoms with Crippen molar-refractivity contribution in [3.63, 3.8) is 0 Å². The van der Waals surface area contributed by atoms with E-state index in [4.69, 9.17) is 4.42 Å². The summed E-state index contributed by atoms with van der Waals surface area (Å²) in [6.45, 7) is 2.10. The quantitative estimate of drug-likeness (QED) is 0.743. The lowest BCUT2D eigenvalue weighted by Crippen LogP contribution is -2.18. The Morgan fingerprint density at radius 2 is 2.33 bits per heavy atom. The fraction of sp³-hybridized carbons (Fsp3) is 0.600. The molecule has 0 saturated heterocycles.